The molecule has 0 atom stereocenters. The molecule has 3 aromatic rings. The van der Waals surface area contributed by atoms with E-state index in [1.165, 1.54) is 10.6 Å². The van der Waals surface area contributed by atoms with Gasteiger partial charge in [-0.2, -0.15) is 4.99 Å². The van der Waals surface area contributed by atoms with Crippen molar-refractivity contribution in [2.75, 3.05) is 0 Å². The van der Waals surface area contributed by atoms with Gasteiger partial charge in [-0.3, -0.25) is 4.79 Å². The van der Waals surface area contributed by atoms with Gasteiger partial charge in [-0.15, -0.1) is 6.42 Å². The Kier molecular flexibility index (Phi) is 4.77. The molecule has 0 radical (unpaired) electrons. The molecule has 0 saturated carbocycles. The monoisotopic (exact) mass is 356 g/mol. The van der Waals surface area contributed by atoms with Crippen molar-refractivity contribution in [2.24, 2.45) is 4.99 Å². The molecule has 1 amide bonds. The minimum absolute atomic E-state index is 0.0409. The summed E-state index contributed by atoms with van der Waals surface area (Å²) in [6.45, 7) is 2.00. The summed E-state index contributed by atoms with van der Waals surface area (Å²) in [6, 6.07) is 9.55. The number of halogens is 2. The molecule has 1 heterocycles. The van der Waals surface area contributed by atoms with Crippen molar-refractivity contribution in [3.8, 4) is 12.3 Å². The summed E-state index contributed by atoms with van der Waals surface area (Å²) >= 11 is 1.03. The lowest BCUT2D eigenvalue weighted by atomic mass is 10.1. The van der Waals surface area contributed by atoms with Gasteiger partial charge in [-0.25, -0.2) is 8.78 Å². The minimum atomic E-state index is -0.728. The average Bonchev–Trinajstić information content (AvgIpc) is 2.87. The van der Waals surface area contributed by atoms with Crippen LogP contribution in [0.3, 0.4) is 0 Å². The highest BCUT2D eigenvalue weighted by atomic mass is 32.1. The summed E-state index contributed by atoms with van der Waals surface area (Å²) in [5.74, 6) is 0.627. The van der Waals surface area contributed by atoms with Gasteiger partial charge in [0.2, 0.25) is 0 Å². The highest BCUT2D eigenvalue weighted by molar-refractivity contribution is 7.16. The Balaban J connectivity index is 2.04. The molecular weight excluding hydrogens is 342 g/mol. The Bertz CT molecular complexity index is 1060. The summed E-state index contributed by atoms with van der Waals surface area (Å²) in [7, 11) is 0. The first-order valence-corrected chi connectivity index (χ1v) is 8.34. The number of benzene rings is 2. The first kappa shape index (κ1) is 17.1. The van der Waals surface area contributed by atoms with Crippen LogP contribution >= 0.6 is 11.3 Å². The molecule has 0 aliphatic heterocycles. The summed E-state index contributed by atoms with van der Waals surface area (Å²) in [5.41, 5.74) is 2.09. The molecule has 25 heavy (non-hydrogen) atoms. The zero-order chi connectivity index (χ0) is 18.0. The molecule has 3 nitrogen and oxygen atoms in total. The lowest BCUT2D eigenvalue weighted by Gasteiger charge is -2.01. The van der Waals surface area contributed by atoms with Gasteiger partial charge in [-0.05, 0) is 18.6 Å². The van der Waals surface area contributed by atoms with Gasteiger partial charge in [0.15, 0.2) is 10.6 Å². The Labute approximate surface area is 147 Å². The third kappa shape index (κ3) is 3.67. The van der Waals surface area contributed by atoms with Crippen molar-refractivity contribution in [1.29, 1.82) is 0 Å². The Morgan fingerprint density at radius 3 is 2.68 bits per heavy atom. The van der Waals surface area contributed by atoms with Crippen LogP contribution < -0.4 is 4.80 Å². The van der Waals surface area contributed by atoms with E-state index < -0.39 is 11.6 Å². The van der Waals surface area contributed by atoms with Gasteiger partial charge in [0.1, 0.15) is 5.82 Å². The Morgan fingerprint density at radius 2 is 2.00 bits per heavy atom. The van der Waals surface area contributed by atoms with Crippen molar-refractivity contribution in [2.45, 2.75) is 19.9 Å². The fourth-order valence-corrected chi connectivity index (χ4v) is 3.57. The third-order valence-electron chi connectivity index (χ3n) is 3.64. The topological polar surface area (TPSA) is 34.4 Å². The normalized spacial score (nSPS) is 11.7. The van der Waals surface area contributed by atoms with Crippen LogP contribution in [0.15, 0.2) is 41.4 Å². The number of carbonyl (C=O) groups is 1. The number of fused-ring (bicyclic) bond motifs is 1. The van der Waals surface area contributed by atoms with Crippen LogP contribution in [0, 0.1) is 30.9 Å². The highest BCUT2D eigenvalue weighted by Crippen LogP contribution is 2.22. The highest BCUT2D eigenvalue weighted by Gasteiger charge is 2.13. The van der Waals surface area contributed by atoms with Crippen molar-refractivity contribution < 1.29 is 13.6 Å². The Hall–Kier alpha value is -2.78. The fraction of sp³-hybridized carbons (Fsp3) is 0.158. The van der Waals surface area contributed by atoms with E-state index in [1.807, 2.05) is 31.2 Å². The predicted octanol–water partition coefficient (Wildman–Crippen LogP) is 3.59. The quantitative estimate of drug-likeness (QED) is 0.661. The zero-order valence-corrected chi connectivity index (χ0v) is 14.2. The summed E-state index contributed by atoms with van der Waals surface area (Å²) in [4.78, 5) is 16.6. The largest absolute Gasteiger partial charge is 0.302 e. The Morgan fingerprint density at radius 1 is 1.28 bits per heavy atom. The number of nitrogens with zero attached hydrogens (tertiary/aromatic N) is 2. The SMILES string of the molecule is C#CCn1c(=NC(=O)Cc2ccc(C)cc2)sc2cc(F)cc(F)c21. The van der Waals surface area contributed by atoms with Crippen molar-refractivity contribution in [1.82, 2.24) is 4.57 Å². The van der Waals surface area contributed by atoms with E-state index in [9.17, 15) is 13.6 Å². The van der Waals surface area contributed by atoms with Crippen molar-refractivity contribution in [3.63, 3.8) is 0 Å². The van der Waals surface area contributed by atoms with Crippen molar-refractivity contribution >= 4 is 27.5 Å². The van der Waals surface area contributed by atoms with Crippen LogP contribution in [-0.2, 0) is 17.8 Å². The van der Waals surface area contributed by atoms with Gasteiger partial charge < -0.3 is 4.57 Å². The maximum absolute atomic E-state index is 14.1. The molecule has 0 fully saturated rings. The maximum Gasteiger partial charge on any atom is 0.252 e. The molecule has 0 aliphatic rings. The molecule has 3 rings (SSSR count). The molecule has 0 saturated heterocycles. The van der Waals surface area contributed by atoms with Gasteiger partial charge >= 0.3 is 0 Å². The summed E-state index contributed by atoms with van der Waals surface area (Å²) in [5, 5.41) is 0. The number of hydrogen-bond donors (Lipinski definition) is 0. The maximum atomic E-state index is 14.1. The summed E-state index contributed by atoms with van der Waals surface area (Å²) in [6.07, 6.45) is 5.47. The molecule has 2 aromatic carbocycles. The van der Waals surface area contributed by atoms with Crippen LogP contribution in [-0.4, -0.2) is 10.5 Å². The molecule has 0 aliphatic carbocycles. The fourth-order valence-electron chi connectivity index (χ4n) is 2.48. The molecule has 1 aromatic heterocycles. The summed E-state index contributed by atoms with van der Waals surface area (Å²) < 4.78 is 29.3. The molecule has 0 spiro atoms. The van der Waals surface area contributed by atoms with Crippen molar-refractivity contribution in [3.05, 3.63) is 64.0 Å². The minimum Gasteiger partial charge on any atom is -0.302 e. The van der Waals surface area contributed by atoms with E-state index in [4.69, 9.17) is 6.42 Å². The van der Waals surface area contributed by atoms with E-state index in [2.05, 4.69) is 10.9 Å². The van der Waals surface area contributed by atoms with Gasteiger partial charge in [0.05, 0.1) is 23.2 Å². The van der Waals surface area contributed by atoms with E-state index in [1.54, 1.807) is 0 Å². The lowest BCUT2D eigenvalue weighted by Crippen LogP contribution is -2.17. The first-order valence-electron chi connectivity index (χ1n) is 7.53. The van der Waals surface area contributed by atoms with Gasteiger partial charge in [0.25, 0.3) is 5.91 Å². The molecule has 6 heteroatoms. The number of aryl methyl sites for hydroxylation is 1. The first-order chi connectivity index (χ1) is 12.0. The molecular formula is C19H14F2N2OS. The molecule has 0 N–H and O–H groups in total. The average molecular weight is 356 g/mol. The van der Waals surface area contributed by atoms with E-state index in [0.29, 0.717) is 4.70 Å². The second-order valence-electron chi connectivity index (χ2n) is 5.58. The van der Waals surface area contributed by atoms with E-state index in [0.717, 1.165) is 28.5 Å². The van der Waals surface area contributed by atoms with Crippen LogP contribution in [0.2, 0.25) is 0 Å². The zero-order valence-electron chi connectivity index (χ0n) is 13.4. The smallest absolute Gasteiger partial charge is 0.252 e. The van der Waals surface area contributed by atoms with E-state index >= 15 is 0 Å². The number of hydrogen-bond acceptors (Lipinski definition) is 2. The standard InChI is InChI=1S/C19H14F2N2OS/c1-3-8-23-18-15(21)10-14(20)11-16(18)25-19(23)22-17(24)9-13-6-4-12(2)5-7-13/h1,4-7,10-11H,8-9H2,2H3. The van der Waals surface area contributed by atoms with Crippen LogP contribution in [0.5, 0.6) is 0 Å². The van der Waals surface area contributed by atoms with E-state index in [-0.39, 0.29) is 29.2 Å². The van der Waals surface area contributed by atoms with Crippen LogP contribution in [0.25, 0.3) is 10.2 Å². The lowest BCUT2D eigenvalue weighted by molar-refractivity contribution is -0.117. The predicted molar refractivity (Wildman–Crippen MR) is 94.0 cm³/mol. The number of aromatic nitrogens is 1. The van der Waals surface area contributed by atoms with Gasteiger partial charge in [-0.1, -0.05) is 47.1 Å². The number of amides is 1. The third-order valence-corrected chi connectivity index (χ3v) is 4.67. The second kappa shape index (κ2) is 6.99. The number of thiazole rings is 1. The second-order valence-corrected chi connectivity index (χ2v) is 6.59. The molecule has 0 unspecified atom stereocenters. The molecule has 0 bridgehead atoms. The van der Waals surface area contributed by atoms with Gasteiger partial charge in [0, 0.05) is 6.07 Å². The van der Waals surface area contributed by atoms with Crippen LogP contribution in [0.1, 0.15) is 11.1 Å². The number of terminal acetylenes is 1. The van der Waals surface area contributed by atoms with Crippen LogP contribution in [0.4, 0.5) is 8.78 Å². The number of rotatable bonds is 3. The number of carbonyl (C=O) groups excluding carboxylic acids is 1. The molecule has 126 valence electrons.